The summed E-state index contributed by atoms with van der Waals surface area (Å²) in [5.74, 6) is -4.60. The Balaban J connectivity index is 2.08. The van der Waals surface area contributed by atoms with Gasteiger partial charge in [-0.1, -0.05) is 32.9 Å². The minimum absolute atomic E-state index is 0.187. The number of ether oxygens (including phenoxy) is 5. The molecule has 0 saturated carbocycles. The van der Waals surface area contributed by atoms with E-state index in [4.69, 9.17) is 28.5 Å². The quantitative estimate of drug-likeness (QED) is 0.137. The number of hydrogen-bond acceptors (Lipinski definition) is 14. The molecular formula is C36H65N3O11. The second-order valence-electron chi connectivity index (χ2n) is 15.3. The van der Waals surface area contributed by atoms with E-state index in [9.17, 15) is 24.9 Å². The molecule has 0 spiro atoms. The summed E-state index contributed by atoms with van der Waals surface area (Å²) in [5.41, 5.74) is -2.63. The van der Waals surface area contributed by atoms with Gasteiger partial charge in [0.2, 0.25) is 0 Å². The third-order valence-corrected chi connectivity index (χ3v) is 11.1. The van der Waals surface area contributed by atoms with E-state index >= 15 is 0 Å². The molecule has 290 valence electrons. The predicted molar refractivity (Wildman–Crippen MR) is 186 cm³/mol. The Labute approximate surface area is 298 Å². The minimum atomic E-state index is -1.89. The molecule has 0 bridgehead atoms. The fraction of sp³-hybridized carbons (Fsp3) is 0.917. The van der Waals surface area contributed by atoms with Crippen molar-refractivity contribution in [1.29, 1.82) is 0 Å². The van der Waals surface area contributed by atoms with E-state index in [1.807, 2.05) is 39.8 Å². The Bertz CT molecular complexity index is 1130. The van der Waals surface area contributed by atoms with Crippen LogP contribution in [0, 0.1) is 23.7 Å². The maximum atomic E-state index is 14.1. The lowest BCUT2D eigenvalue weighted by Gasteiger charge is -2.47. The summed E-state index contributed by atoms with van der Waals surface area (Å²) < 4.78 is 30.2. The van der Waals surface area contributed by atoms with Crippen molar-refractivity contribution in [3.8, 4) is 0 Å². The monoisotopic (exact) mass is 715 g/mol. The third kappa shape index (κ3) is 10.0. The van der Waals surface area contributed by atoms with Crippen LogP contribution >= 0.6 is 0 Å². The highest BCUT2D eigenvalue weighted by atomic mass is 16.7. The average Bonchev–Trinajstić information content (AvgIpc) is 3.08. The smallest absolute Gasteiger partial charge is 0.316 e. The van der Waals surface area contributed by atoms with E-state index in [2.05, 4.69) is 10.1 Å². The van der Waals surface area contributed by atoms with E-state index in [1.165, 1.54) is 21.0 Å². The van der Waals surface area contributed by atoms with Crippen LogP contribution < -0.4 is 0 Å². The van der Waals surface area contributed by atoms with Gasteiger partial charge in [-0.3, -0.25) is 14.5 Å². The van der Waals surface area contributed by atoms with E-state index < -0.39 is 77.3 Å². The first-order valence-electron chi connectivity index (χ1n) is 18.2. The van der Waals surface area contributed by atoms with Crippen LogP contribution in [-0.2, 0) is 38.1 Å². The zero-order valence-corrected chi connectivity index (χ0v) is 32.2. The lowest BCUT2D eigenvalue weighted by molar-refractivity contribution is -0.295. The molecule has 3 fully saturated rings. The van der Waals surface area contributed by atoms with Crippen LogP contribution in [0.3, 0.4) is 0 Å². The van der Waals surface area contributed by atoms with Crippen LogP contribution in [0.1, 0.15) is 74.7 Å². The van der Waals surface area contributed by atoms with Gasteiger partial charge in [0.1, 0.15) is 30.3 Å². The number of hydrogen-bond donors (Lipinski definition) is 3. The first kappa shape index (κ1) is 42.7. The average molecular weight is 716 g/mol. The SMILES string of the molecule is CCC1OC(=O)[C@H](C)C(=O)[C@H](C)[C@@H](O[C@@H]2O[C@H](C)C[C@H](N(C)C)[C@H]2O)[C@](C)(OC)C[C@@H](C)/C(=N\OCCN2CCOCC2)[C@H](C)[C@@H](O)[C@]1(C)O. The zero-order chi connectivity index (χ0) is 37.6. The predicted octanol–water partition coefficient (Wildman–Crippen LogP) is 1.86. The molecule has 3 aliphatic rings. The lowest BCUT2D eigenvalue weighted by atomic mass is 9.74. The van der Waals surface area contributed by atoms with Crippen molar-refractivity contribution in [3.63, 3.8) is 0 Å². The van der Waals surface area contributed by atoms with Gasteiger partial charge >= 0.3 is 5.97 Å². The molecule has 0 aromatic rings. The van der Waals surface area contributed by atoms with Crippen molar-refractivity contribution in [2.45, 2.75) is 129 Å². The van der Waals surface area contributed by atoms with Gasteiger partial charge in [-0.05, 0) is 61.1 Å². The number of Topliss-reactive ketones (excluding diaryl/α,β-unsaturated/α-hetero) is 1. The molecule has 3 rings (SSSR count). The fourth-order valence-electron chi connectivity index (χ4n) is 7.73. The number of oxime groups is 1. The number of carbonyl (C=O) groups is 2. The van der Waals surface area contributed by atoms with Gasteiger partial charge in [-0.25, -0.2) is 0 Å². The van der Waals surface area contributed by atoms with E-state index in [0.717, 1.165) is 13.1 Å². The van der Waals surface area contributed by atoms with Crippen molar-refractivity contribution in [3.05, 3.63) is 0 Å². The molecule has 14 nitrogen and oxygen atoms in total. The number of esters is 1. The Kier molecular flexibility index (Phi) is 15.6. The highest BCUT2D eigenvalue weighted by Gasteiger charge is 2.51. The fourth-order valence-corrected chi connectivity index (χ4v) is 7.73. The van der Waals surface area contributed by atoms with Gasteiger partial charge in [-0.2, -0.15) is 0 Å². The standard InChI is InChI=1S/C36H65N3O11/c1-12-27-36(8,44)31(42)23(4)28(37-47-18-15-39-13-16-46-17-14-39)21(2)20-35(7,45-11)32(24(5)29(40)25(6)33(43)49-27)50-34-30(41)26(38(9)10)19-22(3)48-34/h21-27,30-32,34,41-42,44H,12-20H2,1-11H3/b37-28+/t21-,22-,23+,24+,25-,26+,27?,30-,31-,32-,34+,35-,36-/m1/s1. The lowest BCUT2D eigenvalue weighted by Crippen LogP contribution is -2.60. The number of likely N-dealkylation sites (N-methyl/N-ethyl adjacent to an activating group) is 1. The number of methoxy groups -OCH3 is 1. The molecule has 3 heterocycles. The molecule has 0 aromatic heterocycles. The molecule has 3 N–H and O–H groups in total. The molecule has 3 aliphatic heterocycles. The van der Waals surface area contributed by atoms with Crippen molar-refractivity contribution < 1.29 is 53.4 Å². The second kappa shape index (κ2) is 18.3. The second-order valence-corrected chi connectivity index (χ2v) is 15.3. The molecule has 13 atom stereocenters. The Hall–Kier alpha value is -1.75. The molecular weight excluding hydrogens is 650 g/mol. The highest BCUT2D eigenvalue weighted by Crippen LogP contribution is 2.38. The molecule has 1 unspecified atom stereocenters. The number of morpholine rings is 1. The van der Waals surface area contributed by atoms with Crippen LogP contribution in [0.15, 0.2) is 5.16 Å². The largest absolute Gasteiger partial charge is 0.459 e. The number of aliphatic hydroxyl groups excluding tert-OH is 2. The number of carbonyl (C=O) groups excluding carboxylic acids is 2. The Morgan fingerprint density at radius 3 is 2.26 bits per heavy atom. The molecule has 0 radical (unpaired) electrons. The first-order chi connectivity index (χ1) is 23.4. The molecule has 0 aliphatic carbocycles. The zero-order valence-electron chi connectivity index (χ0n) is 32.2. The number of aliphatic hydroxyl groups is 3. The van der Waals surface area contributed by atoms with Gasteiger partial charge in [0.15, 0.2) is 12.1 Å². The van der Waals surface area contributed by atoms with Gasteiger partial charge in [0.25, 0.3) is 0 Å². The van der Waals surface area contributed by atoms with Crippen LogP contribution in [0.2, 0.25) is 0 Å². The normalized spacial score (nSPS) is 42.7. The summed E-state index contributed by atoms with van der Waals surface area (Å²) in [7, 11) is 5.28. The molecule has 3 saturated heterocycles. The van der Waals surface area contributed by atoms with Crippen molar-refractivity contribution in [2.75, 3.05) is 60.7 Å². The summed E-state index contributed by atoms with van der Waals surface area (Å²) in [6, 6.07) is -0.260. The number of nitrogens with zero attached hydrogens (tertiary/aromatic N) is 3. The van der Waals surface area contributed by atoms with Crippen LogP contribution in [0.4, 0.5) is 0 Å². The number of ketones is 1. The van der Waals surface area contributed by atoms with Crippen LogP contribution in [-0.4, -0.2) is 157 Å². The highest BCUT2D eigenvalue weighted by molar-refractivity contribution is 6.00. The van der Waals surface area contributed by atoms with E-state index in [-0.39, 0.29) is 25.0 Å². The van der Waals surface area contributed by atoms with Gasteiger partial charge in [-0.15, -0.1) is 0 Å². The van der Waals surface area contributed by atoms with Crippen molar-refractivity contribution in [2.24, 2.45) is 28.8 Å². The Morgan fingerprint density at radius 2 is 1.68 bits per heavy atom. The van der Waals surface area contributed by atoms with Crippen molar-refractivity contribution in [1.82, 2.24) is 9.80 Å². The summed E-state index contributed by atoms with van der Waals surface area (Å²) in [4.78, 5) is 37.6. The molecule has 50 heavy (non-hydrogen) atoms. The van der Waals surface area contributed by atoms with E-state index in [1.54, 1.807) is 20.8 Å². The van der Waals surface area contributed by atoms with E-state index in [0.29, 0.717) is 38.5 Å². The maximum absolute atomic E-state index is 14.1. The number of cyclic esters (lactones) is 1. The third-order valence-electron chi connectivity index (χ3n) is 11.1. The molecule has 14 heteroatoms. The van der Waals surface area contributed by atoms with Crippen LogP contribution in [0.25, 0.3) is 0 Å². The van der Waals surface area contributed by atoms with Crippen LogP contribution in [0.5, 0.6) is 0 Å². The Morgan fingerprint density at radius 1 is 1.04 bits per heavy atom. The van der Waals surface area contributed by atoms with Gasteiger partial charge in [0.05, 0.1) is 42.8 Å². The molecule has 0 amide bonds. The number of rotatable bonds is 9. The summed E-state index contributed by atoms with van der Waals surface area (Å²) >= 11 is 0. The van der Waals surface area contributed by atoms with Gasteiger partial charge in [0, 0.05) is 50.5 Å². The topological polar surface area (TPSA) is 169 Å². The maximum Gasteiger partial charge on any atom is 0.316 e. The summed E-state index contributed by atoms with van der Waals surface area (Å²) in [6.07, 6.45) is -4.89. The first-order valence-corrected chi connectivity index (χ1v) is 18.2. The van der Waals surface area contributed by atoms with Gasteiger partial charge < -0.3 is 48.7 Å². The summed E-state index contributed by atoms with van der Waals surface area (Å²) in [6.45, 7) is 17.5. The summed E-state index contributed by atoms with van der Waals surface area (Å²) in [5, 5.41) is 39.4. The molecule has 0 aromatic carbocycles. The minimum Gasteiger partial charge on any atom is -0.459 e. The van der Waals surface area contributed by atoms with Crippen molar-refractivity contribution >= 4 is 17.5 Å².